The largest absolute Gasteiger partial charge is 0.676 e. The first-order valence-corrected chi connectivity index (χ1v) is 10.9. The van der Waals surface area contributed by atoms with Crippen molar-refractivity contribution < 1.29 is 15.2 Å². The van der Waals surface area contributed by atoms with Crippen LogP contribution in [0.4, 0.5) is 0 Å². The molecule has 0 spiro atoms. The van der Waals surface area contributed by atoms with E-state index < -0.39 is 15.2 Å². The van der Waals surface area contributed by atoms with Crippen molar-refractivity contribution in [3.63, 3.8) is 0 Å². The van der Waals surface area contributed by atoms with Crippen molar-refractivity contribution >= 4 is 27.6 Å². The van der Waals surface area contributed by atoms with Crippen LogP contribution in [0.25, 0.3) is 11.5 Å². The summed E-state index contributed by atoms with van der Waals surface area (Å²) in [6, 6.07) is 0. The second kappa shape index (κ2) is 22.9. The van der Waals surface area contributed by atoms with Crippen molar-refractivity contribution in [1.29, 1.82) is 0 Å². The standard InChI is InChI=1S/2C2H7N2.Au.3ClH/c2*3-1-2-4;;;;/h2*3H,1-2,4H2;;3*1H/q2*-1;+3;;;/p-3. The molecule has 0 amide bonds. The number of hydrogen-bond acceptors (Lipinski definition) is 2. The molecular weight excluding hydrogens is 407 g/mol. The number of rotatable bonds is 2. The maximum absolute atomic E-state index is 6.33. The van der Waals surface area contributed by atoms with Gasteiger partial charge < -0.3 is 22.9 Å². The SMILES string of the molecule is [Cl][Au]([Cl])[Cl].[NH-]CCN.[NH-]CCN. The minimum absolute atomic E-state index is 0.347. The molecule has 0 aliphatic rings. The zero-order valence-corrected chi connectivity index (χ0v) is 10.9. The van der Waals surface area contributed by atoms with Gasteiger partial charge in [-0.3, -0.25) is 0 Å². The Morgan fingerprint density at radius 3 is 1.00 bits per heavy atom. The van der Waals surface area contributed by atoms with Gasteiger partial charge in [0.25, 0.3) is 0 Å². The zero-order valence-electron chi connectivity index (χ0n) is 6.42. The molecule has 8 heteroatoms. The van der Waals surface area contributed by atoms with Gasteiger partial charge in [-0.05, 0) is 13.1 Å². The molecule has 0 aromatic rings. The summed E-state index contributed by atoms with van der Waals surface area (Å²) in [6.45, 7) is 1.67. The van der Waals surface area contributed by atoms with E-state index in [1.807, 2.05) is 0 Å². The monoisotopic (exact) mass is 420 g/mol. The van der Waals surface area contributed by atoms with Crippen molar-refractivity contribution in [2.24, 2.45) is 11.5 Å². The van der Waals surface area contributed by atoms with E-state index in [1.165, 1.54) is 0 Å². The summed E-state index contributed by atoms with van der Waals surface area (Å²) in [7, 11) is 14.9. The van der Waals surface area contributed by atoms with Gasteiger partial charge in [0.05, 0.1) is 0 Å². The molecule has 0 rings (SSSR count). The van der Waals surface area contributed by atoms with E-state index in [1.54, 1.807) is 0 Å². The fraction of sp³-hybridized carbons (Fsp3) is 1.00. The van der Waals surface area contributed by atoms with E-state index in [4.69, 9.17) is 50.5 Å². The minimum atomic E-state index is -1.79. The maximum Gasteiger partial charge on any atom is -0.0268 e. The maximum atomic E-state index is 6.33. The molecule has 0 aromatic carbocycles. The van der Waals surface area contributed by atoms with Gasteiger partial charge in [0, 0.05) is 0 Å². The van der Waals surface area contributed by atoms with Crippen LogP contribution in [0.5, 0.6) is 0 Å². The van der Waals surface area contributed by atoms with Crippen molar-refractivity contribution in [2.75, 3.05) is 26.2 Å². The molecule has 0 unspecified atom stereocenters. The van der Waals surface area contributed by atoms with Crippen molar-refractivity contribution in [3.05, 3.63) is 11.5 Å². The fourth-order valence-corrected chi connectivity index (χ4v) is 0. The van der Waals surface area contributed by atoms with Gasteiger partial charge in [-0.15, -0.1) is 13.1 Å². The van der Waals surface area contributed by atoms with Crippen LogP contribution in [0.15, 0.2) is 0 Å². The zero-order chi connectivity index (χ0) is 10.4. The van der Waals surface area contributed by atoms with Gasteiger partial charge in [0.1, 0.15) is 0 Å². The summed E-state index contributed by atoms with van der Waals surface area (Å²) in [5, 5.41) is 0. The molecule has 0 atom stereocenters. The molecule has 0 aliphatic carbocycles. The number of nitrogens with one attached hydrogen (secondary N) is 2. The molecule has 0 aromatic heterocycles. The van der Waals surface area contributed by atoms with Gasteiger partial charge in [-0.25, -0.2) is 0 Å². The summed E-state index contributed by atoms with van der Waals surface area (Å²) in [5.74, 6) is 0. The van der Waals surface area contributed by atoms with E-state index in [2.05, 4.69) is 0 Å². The Morgan fingerprint density at radius 2 is 1.00 bits per heavy atom. The second-order valence-corrected chi connectivity index (χ2v) is 10.6. The predicted octanol–water partition coefficient (Wildman–Crippen LogP) is 2.06. The molecule has 0 saturated carbocycles. The second-order valence-electron chi connectivity index (χ2n) is 1.21. The van der Waals surface area contributed by atoms with Crippen molar-refractivity contribution in [2.45, 2.75) is 0 Å². The van der Waals surface area contributed by atoms with Crippen molar-refractivity contribution in [3.8, 4) is 0 Å². The number of hydrogen-bond donors (Lipinski definition) is 2. The van der Waals surface area contributed by atoms with Crippen LogP contribution >= 0.6 is 27.6 Å². The molecule has 0 aliphatic heterocycles. The Balaban J connectivity index is -0.000000101. The normalized spacial score (nSPS) is 8.75. The van der Waals surface area contributed by atoms with Crippen LogP contribution in [0, 0.1) is 0 Å². The fourth-order valence-electron chi connectivity index (χ4n) is 0. The Bertz CT molecular complexity index is 48.8. The molecule has 12 heavy (non-hydrogen) atoms. The summed E-state index contributed by atoms with van der Waals surface area (Å²) in [4.78, 5) is 0. The van der Waals surface area contributed by atoms with Crippen LogP contribution in [-0.4, -0.2) is 26.2 Å². The number of halogens is 3. The molecule has 0 bridgehead atoms. The van der Waals surface area contributed by atoms with Crippen LogP contribution in [0.3, 0.4) is 0 Å². The molecule has 0 radical (unpaired) electrons. The van der Waals surface area contributed by atoms with Gasteiger partial charge in [0.2, 0.25) is 0 Å². The smallest absolute Gasteiger partial charge is 0.0268 e. The van der Waals surface area contributed by atoms with E-state index in [-0.39, 0.29) is 0 Å². The van der Waals surface area contributed by atoms with Crippen LogP contribution in [0.1, 0.15) is 0 Å². The third-order valence-electron chi connectivity index (χ3n) is 0.289. The predicted molar refractivity (Wildman–Crippen MR) is 54.0 cm³/mol. The van der Waals surface area contributed by atoms with Crippen molar-refractivity contribution in [1.82, 2.24) is 0 Å². The average molecular weight is 422 g/mol. The quantitative estimate of drug-likeness (QED) is 0.667. The third-order valence-corrected chi connectivity index (χ3v) is 0.289. The Morgan fingerprint density at radius 1 is 0.917 bits per heavy atom. The number of nitrogens with two attached hydrogens (primary N) is 2. The van der Waals surface area contributed by atoms with E-state index in [0.29, 0.717) is 26.2 Å². The van der Waals surface area contributed by atoms with Gasteiger partial charge in [0.15, 0.2) is 0 Å². The average Bonchev–Trinajstić information content (AvgIpc) is 2.03. The van der Waals surface area contributed by atoms with Gasteiger partial charge in [-0.2, -0.15) is 0 Å². The molecular formula is C4H14AuCl3N4-2. The van der Waals surface area contributed by atoms with Crippen LogP contribution < -0.4 is 11.5 Å². The molecule has 84 valence electrons. The van der Waals surface area contributed by atoms with Crippen LogP contribution in [-0.2, 0) is 15.2 Å². The molecule has 0 heterocycles. The molecule has 0 fully saturated rings. The molecule has 0 saturated heterocycles. The van der Waals surface area contributed by atoms with Gasteiger partial charge in [-0.1, -0.05) is 0 Å². The summed E-state index contributed by atoms with van der Waals surface area (Å²) in [5.41, 5.74) is 22.3. The topological polar surface area (TPSA) is 99.6 Å². The summed E-state index contributed by atoms with van der Waals surface area (Å²) in [6.07, 6.45) is 0. The third kappa shape index (κ3) is 105. The van der Waals surface area contributed by atoms with Crippen LogP contribution in [0.2, 0.25) is 0 Å². The van der Waals surface area contributed by atoms with E-state index in [0.717, 1.165) is 0 Å². The minimum Gasteiger partial charge on any atom is -0.676 e. The Labute approximate surface area is 91.5 Å². The van der Waals surface area contributed by atoms with Gasteiger partial charge >= 0.3 is 42.8 Å². The summed E-state index contributed by atoms with van der Waals surface area (Å²) >= 11 is -1.79. The molecule has 4 nitrogen and oxygen atoms in total. The molecule has 6 N–H and O–H groups in total. The first-order chi connectivity index (χ1) is 5.56. The Hall–Kier alpha value is 1.45. The first-order valence-electron chi connectivity index (χ1n) is 2.87. The van der Waals surface area contributed by atoms with E-state index >= 15 is 0 Å². The summed E-state index contributed by atoms with van der Waals surface area (Å²) < 4.78 is 0. The first kappa shape index (κ1) is 19.1. The van der Waals surface area contributed by atoms with E-state index in [9.17, 15) is 0 Å². The Kier molecular flexibility index (Phi) is 36.4.